The lowest BCUT2D eigenvalue weighted by Crippen LogP contribution is -2.09. The van der Waals surface area contributed by atoms with Gasteiger partial charge in [0.15, 0.2) is 5.82 Å². The van der Waals surface area contributed by atoms with E-state index in [-0.39, 0.29) is 29.7 Å². The number of pyridine rings is 1. The number of hydrogen-bond donors (Lipinski definition) is 2. The van der Waals surface area contributed by atoms with Crippen LogP contribution in [-0.4, -0.2) is 25.8 Å². The number of aliphatic imine (C=N–C) groups is 1. The van der Waals surface area contributed by atoms with Crippen molar-refractivity contribution >= 4 is 17.2 Å². The predicted octanol–water partition coefficient (Wildman–Crippen LogP) is 3.24. The molecule has 0 radical (unpaired) electrons. The summed E-state index contributed by atoms with van der Waals surface area (Å²) in [5.41, 5.74) is 15.4. The summed E-state index contributed by atoms with van der Waals surface area (Å²) in [4.78, 5) is 17.1. The van der Waals surface area contributed by atoms with E-state index in [0.29, 0.717) is 22.5 Å². The maximum atomic E-state index is 14.0. The molecular formula is C22H18FN7O. The number of nitrogens with zero attached hydrogens (tertiary/aromatic N) is 5. The Hall–Kier alpha value is -4.40. The molecule has 0 aliphatic rings. The van der Waals surface area contributed by atoms with Crippen LogP contribution in [-0.2, 0) is 6.54 Å². The number of halogens is 1. The van der Waals surface area contributed by atoms with Gasteiger partial charge in [0.25, 0.3) is 0 Å². The van der Waals surface area contributed by atoms with E-state index < -0.39 is 0 Å². The fourth-order valence-electron chi connectivity index (χ4n) is 2.84. The fraction of sp³-hybridized carbons (Fsp3) is 0.0455. The second-order valence-corrected chi connectivity index (χ2v) is 6.51. The van der Waals surface area contributed by atoms with Crippen molar-refractivity contribution in [1.29, 1.82) is 0 Å². The van der Waals surface area contributed by atoms with Crippen molar-refractivity contribution in [3.05, 3.63) is 96.3 Å². The quantitative estimate of drug-likeness (QED) is 0.462. The monoisotopic (exact) mass is 415 g/mol. The minimum absolute atomic E-state index is 0.0998. The van der Waals surface area contributed by atoms with Crippen LogP contribution in [0.15, 0.2) is 82.9 Å². The smallest absolute Gasteiger partial charge is 0.177 e. The third-order valence-electron chi connectivity index (χ3n) is 4.44. The van der Waals surface area contributed by atoms with Gasteiger partial charge < -0.3 is 16.0 Å². The maximum absolute atomic E-state index is 14.0. The summed E-state index contributed by atoms with van der Waals surface area (Å²) < 4.78 is 18.9. The van der Waals surface area contributed by atoms with Gasteiger partial charge in [-0.3, -0.25) is 9.98 Å². The maximum Gasteiger partial charge on any atom is 0.177 e. The molecule has 0 bridgehead atoms. The van der Waals surface area contributed by atoms with Gasteiger partial charge in [-0.2, -0.15) is 0 Å². The van der Waals surface area contributed by atoms with E-state index in [0.717, 1.165) is 5.56 Å². The van der Waals surface area contributed by atoms with Crippen LogP contribution in [0, 0.1) is 5.82 Å². The lowest BCUT2D eigenvalue weighted by atomic mass is 10.1. The van der Waals surface area contributed by atoms with Crippen molar-refractivity contribution in [1.82, 2.24) is 20.1 Å². The highest BCUT2D eigenvalue weighted by molar-refractivity contribution is 6.10. The highest BCUT2D eigenvalue weighted by atomic mass is 19.1. The summed E-state index contributed by atoms with van der Waals surface area (Å²) >= 11 is 0. The first-order chi connectivity index (χ1) is 15.1. The highest BCUT2D eigenvalue weighted by Crippen LogP contribution is 2.23. The average Bonchev–Trinajstić information content (AvgIpc) is 3.33. The van der Waals surface area contributed by atoms with Crippen molar-refractivity contribution in [2.45, 2.75) is 6.54 Å². The number of benzene rings is 1. The lowest BCUT2D eigenvalue weighted by Gasteiger charge is -2.07. The van der Waals surface area contributed by atoms with Gasteiger partial charge in [-0.15, -0.1) is 0 Å². The topological polar surface area (TPSA) is 129 Å². The van der Waals surface area contributed by atoms with Gasteiger partial charge in [0.1, 0.15) is 23.6 Å². The third-order valence-corrected chi connectivity index (χ3v) is 4.44. The molecule has 9 heteroatoms. The van der Waals surface area contributed by atoms with Crippen molar-refractivity contribution in [3.63, 3.8) is 0 Å². The molecule has 0 aliphatic carbocycles. The number of allylic oxidation sites excluding steroid dienone is 1. The molecule has 4 rings (SSSR count). The summed E-state index contributed by atoms with van der Waals surface area (Å²) in [5.74, 6) is 0.168. The zero-order chi connectivity index (χ0) is 21.6. The number of nitrogen functional groups attached to an aromatic ring is 1. The first-order valence-corrected chi connectivity index (χ1v) is 9.31. The molecule has 1 aromatic carbocycles. The summed E-state index contributed by atoms with van der Waals surface area (Å²) in [6, 6.07) is 11.7. The minimum Gasteiger partial charge on any atom is -0.396 e. The summed E-state index contributed by atoms with van der Waals surface area (Å²) in [6.45, 7) is 0.0998. The number of hydrogen-bond acceptors (Lipinski definition) is 8. The van der Waals surface area contributed by atoms with Crippen LogP contribution in [0.5, 0.6) is 0 Å². The number of rotatable bonds is 6. The van der Waals surface area contributed by atoms with E-state index in [1.54, 1.807) is 48.9 Å². The zero-order valence-corrected chi connectivity index (χ0v) is 16.3. The van der Waals surface area contributed by atoms with Crippen LogP contribution in [0.25, 0.3) is 16.8 Å². The van der Waals surface area contributed by atoms with Crippen molar-refractivity contribution in [2.75, 3.05) is 5.73 Å². The molecule has 0 aliphatic heterocycles. The normalized spacial score (nSPS) is 12.2. The first kappa shape index (κ1) is 19.9. The van der Waals surface area contributed by atoms with Gasteiger partial charge >= 0.3 is 0 Å². The first-order valence-electron chi connectivity index (χ1n) is 9.31. The molecule has 0 saturated carbocycles. The van der Waals surface area contributed by atoms with Gasteiger partial charge in [-0.25, -0.2) is 14.4 Å². The van der Waals surface area contributed by atoms with Crippen LogP contribution in [0.4, 0.5) is 10.2 Å². The lowest BCUT2D eigenvalue weighted by molar-refractivity contribution is 0.418. The van der Waals surface area contributed by atoms with Gasteiger partial charge in [0.05, 0.1) is 18.0 Å². The van der Waals surface area contributed by atoms with Crippen LogP contribution < -0.4 is 11.5 Å². The highest BCUT2D eigenvalue weighted by Gasteiger charge is 2.12. The predicted molar refractivity (Wildman–Crippen MR) is 115 cm³/mol. The largest absolute Gasteiger partial charge is 0.396 e. The summed E-state index contributed by atoms with van der Waals surface area (Å²) in [7, 11) is 0. The SMILES string of the molecule is NC(=CC(=NCc1ccccc1F)c1ccon1)c1ncc(-c2ccncc2)c(N)n1. The van der Waals surface area contributed by atoms with E-state index in [9.17, 15) is 4.39 Å². The Morgan fingerprint density at radius 1 is 1.13 bits per heavy atom. The van der Waals surface area contributed by atoms with E-state index in [1.165, 1.54) is 12.3 Å². The van der Waals surface area contributed by atoms with E-state index in [2.05, 4.69) is 25.1 Å². The van der Waals surface area contributed by atoms with Crippen molar-refractivity contribution < 1.29 is 8.91 Å². The molecule has 4 aromatic rings. The van der Waals surface area contributed by atoms with Gasteiger partial charge in [-0.1, -0.05) is 23.4 Å². The second-order valence-electron chi connectivity index (χ2n) is 6.51. The Morgan fingerprint density at radius 3 is 2.65 bits per heavy atom. The fourth-order valence-corrected chi connectivity index (χ4v) is 2.84. The van der Waals surface area contributed by atoms with Gasteiger partial charge in [0.2, 0.25) is 0 Å². The van der Waals surface area contributed by atoms with Crippen LogP contribution in [0.3, 0.4) is 0 Å². The second kappa shape index (κ2) is 8.95. The Bertz CT molecular complexity index is 1240. The summed E-state index contributed by atoms with van der Waals surface area (Å²) in [6.07, 6.45) is 7.88. The standard InChI is InChI=1S/C22H18FN7O/c23-17-4-2-1-3-15(17)12-27-20(19-7-10-31-30-19)11-18(24)22-28-13-16(21(25)29-22)14-5-8-26-9-6-14/h1-11,13H,12,24H2,(H2,25,28,29). The molecule has 8 nitrogen and oxygen atoms in total. The Balaban J connectivity index is 1.65. The molecule has 3 heterocycles. The van der Waals surface area contributed by atoms with Gasteiger partial charge in [-0.05, 0) is 29.8 Å². The molecule has 31 heavy (non-hydrogen) atoms. The molecule has 4 N–H and O–H groups in total. The Labute approximate surface area is 177 Å². The molecule has 154 valence electrons. The summed E-state index contributed by atoms with van der Waals surface area (Å²) in [5, 5.41) is 3.90. The van der Waals surface area contributed by atoms with E-state index in [1.807, 2.05) is 12.1 Å². The molecule has 3 aromatic heterocycles. The van der Waals surface area contributed by atoms with E-state index >= 15 is 0 Å². The number of aromatic nitrogens is 4. The van der Waals surface area contributed by atoms with Crippen LogP contribution in [0.2, 0.25) is 0 Å². The molecule has 0 unspecified atom stereocenters. The average molecular weight is 415 g/mol. The molecule has 0 spiro atoms. The number of nitrogens with two attached hydrogens (primary N) is 2. The Kier molecular flexibility index (Phi) is 5.75. The molecule has 0 fully saturated rings. The third kappa shape index (κ3) is 4.61. The van der Waals surface area contributed by atoms with Crippen molar-refractivity contribution in [2.24, 2.45) is 10.7 Å². The van der Waals surface area contributed by atoms with Gasteiger partial charge in [0, 0.05) is 35.8 Å². The molecule has 0 atom stereocenters. The molecule has 0 amide bonds. The zero-order valence-electron chi connectivity index (χ0n) is 16.3. The van der Waals surface area contributed by atoms with Crippen molar-refractivity contribution in [3.8, 4) is 11.1 Å². The number of anilines is 1. The van der Waals surface area contributed by atoms with Crippen LogP contribution in [0.1, 0.15) is 17.1 Å². The Morgan fingerprint density at radius 2 is 1.94 bits per heavy atom. The minimum atomic E-state index is -0.342. The molecule has 0 saturated heterocycles. The van der Waals surface area contributed by atoms with E-state index in [4.69, 9.17) is 16.0 Å². The molecular weight excluding hydrogens is 397 g/mol. The van der Waals surface area contributed by atoms with Crippen LogP contribution >= 0.6 is 0 Å².